The molecular formula is C16H18N2O. The first kappa shape index (κ1) is 12.2. The van der Waals surface area contributed by atoms with E-state index < -0.39 is 5.60 Å². The number of benzene rings is 1. The fraction of sp³-hybridized carbons (Fsp3) is 0.312. The standard InChI is InChI=1S/C16H18N2O/c17-15-6-8-18-11-14(15)10-16(19)7-5-12-3-1-2-4-13(12)9-16/h1-4,6,8,11,19H,5,7,9-10H2,(H2,17,18). The zero-order valence-corrected chi connectivity index (χ0v) is 10.8. The Morgan fingerprint density at radius 1 is 1.21 bits per heavy atom. The molecule has 1 atom stereocenters. The van der Waals surface area contributed by atoms with E-state index in [4.69, 9.17) is 5.73 Å². The number of aryl methyl sites for hydroxylation is 1. The van der Waals surface area contributed by atoms with Crippen molar-refractivity contribution in [3.05, 3.63) is 59.4 Å². The van der Waals surface area contributed by atoms with Gasteiger partial charge in [0.25, 0.3) is 0 Å². The Balaban J connectivity index is 1.84. The molecular weight excluding hydrogens is 236 g/mol. The summed E-state index contributed by atoms with van der Waals surface area (Å²) in [6.07, 6.45) is 6.40. The minimum absolute atomic E-state index is 0.570. The first-order valence-electron chi connectivity index (χ1n) is 6.64. The van der Waals surface area contributed by atoms with Crippen molar-refractivity contribution >= 4 is 5.69 Å². The van der Waals surface area contributed by atoms with E-state index in [1.54, 1.807) is 18.5 Å². The van der Waals surface area contributed by atoms with Gasteiger partial charge in [0, 0.05) is 30.9 Å². The van der Waals surface area contributed by atoms with Crippen LogP contribution in [-0.2, 0) is 19.3 Å². The van der Waals surface area contributed by atoms with E-state index in [2.05, 4.69) is 23.2 Å². The summed E-state index contributed by atoms with van der Waals surface area (Å²) in [7, 11) is 0. The number of pyridine rings is 1. The van der Waals surface area contributed by atoms with Crippen LogP contribution in [0.1, 0.15) is 23.1 Å². The van der Waals surface area contributed by atoms with E-state index in [-0.39, 0.29) is 0 Å². The Bertz CT molecular complexity index is 597. The smallest absolute Gasteiger partial charge is 0.0732 e. The molecule has 0 bridgehead atoms. The Hall–Kier alpha value is -1.87. The highest BCUT2D eigenvalue weighted by atomic mass is 16.3. The van der Waals surface area contributed by atoms with Crippen molar-refractivity contribution < 1.29 is 5.11 Å². The molecule has 3 heteroatoms. The molecule has 1 aliphatic carbocycles. The van der Waals surface area contributed by atoms with Crippen molar-refractivity contribution in [1.82, 2.24) is 4.98 Å². The van der Waals surface area contributed by atoms with Crippen LogP contribution in [0.3, 0.4) is 0 Å². The second-order valence-electron chi connectivity index (χ2n) is 5.42. The van der Waals surface area contributed by atoms with E-state index in [1.807, 2.05) is 6.07 Å². The van der Waals surface area contributed by atoms with Gasteiger partial charge in [0.05, 0.1) is 5.60 Å². The molecule has 2 aromatic rings. The molecule has 1 unspecified atom stereocenters. The number of hydrogen-bond donors (Lipinski definition) is 2. The van der Waals surface area contributed by atoms with Crippen molar-refractivity contribution in [3.8, 4) is 0 Å². The molecule has 1 aliphatic rings. The average Bonchev–Trinajstić information content (AvgIpc) is 2.41. The monoisotopic (exact) mass is 254 g/mol. The summed E-state index contributed by atoms with van der Waals surface area (Å²) in [4.78, 5) is 4.10. The highest BCUT2D eigenvalue weighted by molar-refractivity contribution is 5.45. The number of nitrogens with zero attached hydrogens (tertiary/aromatic N) is 1. The summed E-state index contributed by atoms with van der Waals surface area (Å²) in [6, 6.07) is 10.1. The first-order valence-corrected chi connectivity index (χ1v) is 6.64. The minimum atomic E-state index is -0.703. The number of aromatic nitrogens is 1. The van der Waals surface area contributed by atoms with E-state index in [1.165, 1.54) is 11.1 Å². The highest BCUT2D eigenvalue weighted by Gasteiger charge is 2.32. The Morgan fingerprint density at radius 3 is 2.79 bits per heavy atom. The SMILES string of the molecule is Nc1ccncc1CC1(O)CCc2ccccc2C1. The van der Waals surface area contributed by atoms with Gasteiger partial charge in [0.15, 0.2) is 0 Å². The lowest BCUT2D eigenvalue weighted by molar-refractivity contribution is 0.0268. The molecule has 0 saturated heterocycles. The van der Waals surface area contributed by atoms with Gasteiger partial charge in [-0.1, -0.05) is 24.3 Å². The van der Waals surface area contributed by atoms with E-state index in [9.17, 15) is 5.11 Å². The summed E-state index contributed by atoms with van der Waals surface area (Å²) >= 11 is 0. The highest BCUT2D eigenvalue weighted by Crippen LogP contribution is 2.32. The molecule has 3 rings (SSSR count). The molecule has 1 aromatic heterocycles. The lowest BCUT2D eigenvalue weighted by atomic mass is 9.77. The lowest BCUT2D eigenvalue weighted by Crippen LogP contribution is -2.38. The maximum atomic E-state index is 10.8. The van der Waals surface area contributed by atoms with Crippen LogP contribution in [0, 0.1) is 0 Å². The molecule has 0 aliphatic heterocycles. The molecule has 3 N–H and O–H groups in total. The molecule has 98 valence electrons. The summed E-state index contributed by atoms with van der Waals surface area (Å²) in [5.41, 5.74) is 9.48. The lowest BCUT2D eigenvalue weighted by Gasteiger charge is -2.34. The molecule has 3 nitrogen and oxygen atoms in total. The Morgan fingerprint density at radius 2 is 2.00 bits per heavy atom. The van der Waals surface area contributed by atoms with Crippen LogP contribution < -0.4 is 5.73 Å². The first-order chi connectivity index (χ1) is 9.16. The van der Waals surface area contributed by atoms with E-state index in [0.29, 0.717) is 18.5 Å². The van der Waals surface area contributed by atoms with E-state index in [0.717, 1.165) is 18.4 Å². The van der Waals surface area contributed by atoms with Gasteiger partial charge in [-0.2, -0.15) is 0 Å². The number of fused-ring (bicyclic) bond motifs is 1. The summed E-state index contributed by atoms with van der Waals surface area (Å²) in [6.45, 7) is 0. The van der Waals surface area contributed by atoms with Gasteiger partial charge in [-0.05, 0) is 35.6 Å². The topological polar surface area (TPSA) is 59.1 Å². The van der Waals surface area contributed by atoms with Gasteiger partial charge >= 0.3 is 0 Å². The third-order valence-corrected chi connectivity index (χ3v) is 3.96. The molecule has 0 amide bonds. The van der Waals surface area contributed by atoms with Crippen LogP contribution >= 0.6 is 0 Å². The fourth-order valence-corrected chi connectivity index (χ4v) is 2.88. The third kappa shape index (κ3) is 2.47. The van der Waals surface area contributed by atoms with Gasteiger partial charge in [0.1, 0.15) is 0 Å². The average molecular weight is 254 g/mol. The molecule has 1 heterocycles. The van der Waals surface area contributed by atoms with Crippen LogP contribution in [0.25, 0.3) is 0 Å². The molecule has 19 heavy (non-hydrogen) atoms. The maximum absolute atomic E-state index is 10.8. The largest absolute Gasteiger partial charge is 0.398 e. The molecule has 0 saturated carbocycles. The van der Waals surface area contributed by atoms with E-state index >= 15 is 0 Å². The second-order valence-corrected chi connectivity index (χ2v) is 5.42. The maximum Gasteiger partial charge on any atom is 0.0732 e. The van der Waals surface area contributed by atoms with Crippen molar-refractivity contribution in [2.24, 2.45) is 0 Å². The van der Waals surface area contributed by atoms with Crippen molar-refractivity contribution in [2.75, 3.05) is 5.73 Å². The molecule has 0 fully saturated rings. The second kappa shape index (κ2) is 4.67. The third-order valence-electron chi connectivity index (χ3n) is 3.96. The summed E-state index contributed by atoms with van der Waals surface area (Å²) < 4.78 is 0. The van der Waals surface area contributed by atoms with Gasteiger partial charge < -0.3 is 10.8 Å². The Kier molecular flexibility index (Phi) is 2.99. The summed E-state index contributed by atoms with van der Waals surface area (Å²) in [5, 5.41) is 10.8. The fourth-order valence-electron chi connectivity index (χ4n) is 2.88. The molecule has 1 aromatic carbocycles. The van der Waals surface area contributed by atoms with Gasteiger partial charge in [0.2, 0.25) is 0 Å². The van der Waals surface area contributed by atoms with Crippen molar-refractivity contribution in [3.63, 3.8) is 0 Å². The van der Waals surface area contributed by atoms with Crippen molar-refractivity contribution in [1.29, 1.82) is 0 Å². The van der Waals surface area contributed by atoms with Gasteiger partial charge in [-0.15, -0.1) is 0 Å². The quantitative estimate of drug-likeness (QED) is 0.863. The Labute approximate surface area is 113 Å². The normalized spacial score (nSPS) is 21.9. The predicted molar refractivity (Wildman–Crippen MR) is 75.8 cm³/mol. The number of rotatable bonds is 2. The molecule has 0 spiro atoms. The number of nitrogens with two attached hydrogens (primary N) is 1. The number of hydrogen-bond acceptors (Lipinski definition) is 3. The zero-order chi connectivity index (χ0) is 13.3. The minimum Gasteiger partial charge on any atom is -0.398 e. The number of anilines is 1. The number of aliphatic hydroxyl groups is 1. The van der Waals surface area contributed by atoms with Crippen LogP contribution in [0.5, 0.6) is 0 Å². The predicted octanol–water partition coefficient (Wildman–Crippen LogP) is 2.13. The van der Waals surface area contributed by atoms with Crippen LogP contribution in [0.2, 0.25) is 0 Å². The zero-order valence-electron chi connectivity index (χ0n) is 10.8. The van der Waals surface area contributed by atoms with Crippen LogP contribution in [0.4, 0.5) is 5.69 Å². The van der Waals surface area contributed by atoms with Crippen LogP contribution in [0.15, 0.2) is 42.7 Å². The van der Waals surface area contributed by atoms with Crippen LogP contribution in [-0.4, -0.2) is 15.7 Å². The van der Waals surface area contributed by atoms with Gasteiger partial charge in [-0.25, -0.2) is 0 Å². The van der Waals surface area contributed by atoms with Crippen molar-refractivity contribution in [2.45, 2.75) is 31.3 Å². The molecule has 0 radical (unpaired) electrons. The number of nitrogen functional groups attached to an aromatic ring is 1. The van der Waals surface area contributed by atoms with Gasteiger partial charge in [-0.3, -0.25) is 4.98 Å². The summed E-state index contributed by atoms with van der Waals surface area (Å²) in [5.74, 6) is 0.